The van der Waals surface area contributed by atoms with Gasteiger partial charge in [0.15, 0.2) is 0 Å². The quantitative estimate of drug-likeness (QED) is 0.173. The Balaban J connectivity index is 1.01. The van der Waals surface area contributed by atoms with Crippen molar-refractivity contribution in [2.75, 3.05) is 0 Å². The highest BCUT2D eigenvalue weighted by Crippen LogP contribution is 2.40. The Hall–Kier alpha value is -8.13. The number of para-hydroxylation sites is 5. The summed E-state index contributed by atoms with van der Waals surface area (Å²) in [5.41, 5.74) is 15.2. The summed E-state index contributed by atoms with van der Waals surface area (Å²) in [5, 5.41) is 17.6. The van der Waals surface area contributed by atoms with Crippen molar-refractivity contribution in [1.82, 2.24) is 13.7 Å². The summed E-state index contributed by atoms with van der Waals surface area (Å²) in [6.07, 6.45) is 0. The molecule has 59 heavy (non-hydrogen) atoms. The van der Waals surface area contributed by atoms with Crippen LogP contribution >= 0.6 is 0 Å². The normalized spacial score (nSPS) is 11.7. The van der Waals surface area contributed by atoms with E-state index >= 15 is 0 Å². The Bertz CT molecular complexity index is 3670. The van der Waals surface area contributed by atoms with E-state index in [2.05, 4.69) is 214 Å². The summed E-state index contributed by atoms with van der Waals surface area (Å²) < 4.78 is 7.00. The molecule has 274 valence electrons. The second-order valence-corrected chi connectivity index (χ2v) is 15.3. The molecule has 0 aliphatic heterocycles. The smallest absolute Gasteiger partial charge is 0.0992 e. The molecule has 0 saturated carbocycles. The number of fused-ring (bicyclic) bond motifs is 9. The van der Waals surface area contributed by atoms with Gasteiger partial charge >= 0.3 is 0 Å². The molecular formula is C55H34N4. The zero-order chi connectivity index (χ0) is 39.0. The molecule has 4 nitrogen and oxygen atoms in total. The molecule has 0 spiro atoms. The van der Waals surface area contributed by atoms with Gasteiger partial charge < -0.3 is 13.7 Å². The van der Waals surface area contributed by atoms with E-state index in [-0.39, 0.29) is 0 Å². The van der Waals surface area contributed by atoms with E-state index in [0.717, 1.165) is 50.3 Å². The zero-order valence-electron chi connectivity index (χ0n) is 31.9. The van der Waals surface area contributed by atoms with Crippen molar-refractivity contribution < 1.29 is 0 Å². The number of nitriles is 1. The first-order valence-corrected chi connectivity index (χ1v) is 20.0. The van der Waals surface area contributed by atoms with Gasteiger partial charge in [-0.1, -0.05) is 109 Å². The molecule has 3 aromatic heterocycles. The minimum atomic E-state index is 0.620. The zero-order valence-corrected chi connectivity index (χ0v) is 31.9. The summed E-state index contributed by atoms with van der Waals surface area (Å²) >= 11 is 0. The summed E-state index contributed by atoms with van der Waals surface area (Å²) in [4.78, 5) is 0. The maximum Gasteiger partial charge on any atom is 0.0992 e. The van der Waals surface area contributed by atoms with E-state index < -0.39 is 0 Å². The average Bonchev–Trinajstić information content (AvgIpc) is 3.94. The van der Waals surface area contributed by atoms with E-state index in [4.69, 9.17) is 0 Å². The van der Waals surface area contributed by atoms with E-state index in [9.17, 15) is 5.26 Å². The molecule has 3 heterocycles. The molecule has 4 heteroatoms. The Morgan fingerprint density at radius 3 is 1.05 bits per heavy atom. The van der Waals surface area contributed by atoms with E-state index in [1.54, 1.807) is 0 Å². The van der Waals surface area contributed by atoms with Crippen LogP contribution in [0.2, 0.25) is 0 Å². The summed E-state index contributed by atoms with van der Waals surface area (Å²) in [6, 6.07) is 76.1. The van der Waals surface area contributed by atoms with E-state index in [0.29, 0.717) is 5.56 Å². The maximum absolute atomic E-state index is 10.4. The molecule has 0 fully saturated rings. The van der Waals surface area contributed by atoms with Gasteiger partial charge in [0.1, 0.15) is 0 Å². The van der Waals surface area contributed by atoms with E-state index in [1.165, 1.54) is 54.4 Å². The van der Waals surface area contributed by atoms with Gasteiger partial charge in [0.05, 0.1) is 44.7 Å². The van der Waals surface area contributed by atoms with Gasteiger partial charge in [-0.05, 0) is 119 Å². The third kappa shape index (κ3) is 5.09. The SMILES string of the molecule is N#Cc1cc(-c2ccc3c(c2)c2ccccc2n3-c2ccccc2)cc(-n2c3ccccc3c3cc(-c4ccc5c(c4)c4ccccc4n5-c4ccccc4)ccc32)c1. The van der Waals surface area contributed by atoms with Gasteiger partial charge in [-0.2, -0.15) is 5.26 Å². The molecule has 0 amide bonds. The van der Waals surface area contributed by atoms with Crippen molar-refractivity contribution in [2.24, 2.45) is 0 Å². The molecule has 12 rings (SSSR count). The topological polar surface area (TPSA) is 38.6 Å². The fourth-order valence-electron chi connectivity index (χ4n) is 9.42. The van der Waals surface area contributed by atoms with Crippen molar-refractivity contribution in [3.63, 3.8) is 0 Å². The number of hydrogen-bond donors (Lipinski definition) is 0. The number of aromatic nitrogens is 3. The highest BCUT2D eigenvalue weighted by Gasteiger charge is 2.18. The molecule has 0 N–H and O–H groups in total. The summed E-state index contributed by atoms with van der Waals surface area (Å²) in [7, 11) is 0. The lowest BCUT2D eigenvalue weighted by molar-refractivity contribution is 1.18. The molecule has 0 aliphatic rings. The number of hydrogen-bond acceptors (Lipinski definition) is 1. The molecule has 0 radical (unpaired) electrons. The monoisotopic (exact) mass is 750 g/mol. The van der Waals surface area contributed by atoms with Gasteiger partial charge in [0, 0.05) is 49.4 Å². The van der Waals surface area contributed by atoms with Crippen molar-refractivity contribution in [3.05, 3.63) is 212 Å². The van der Waals surface area contributed by atoms with Crippen LogP contribution in [-0.4, -0.2) is 13.7 Å². The fraction of sp³-hybridized carbons (Fsp3) is 0. The van der Waals surface area contributed by atoms with E-state index in [1.807, 2.05) is 12.1 Å². The number of benzene rings is 9. The maximum atomic E-state index is 10.4. The van der Waals surface area contributed by atoms with Crippen LogP contribution in [0, 0.1) is 11.3 Å². The minimum Gasteiger partial charge on any atom is -0.309 e. The lowest BCUT2D eigenvalue weighted by Gasteiger charge is -2.12. The van der Waals surface area contributed by atoms with Gasteiger partial charge in [0.25, 0.3) is 0 Å². The number of rotatable bonds is 5. The lowest BCUT2D eigenvalue weighted by atomic mass is 9.99. The Kier molecular flexibility index (Phi) is 7.26. The van der Waals surface area contributed by atoms with Crippen LogP contribution < -0.4 is 0 Å². The molecule has 0 unspecified atom stereocenters. The Labute approximate surface area is 340 Å². The molecule has 0 saturated heterocycles. The third-order valence-corrected chi connectivity index (χ3v) is 12.0. The van der Waals surface area contributed by atoms with Crippen LogP contribution in [-0.2, 0) is 0 Å². The summed E-state index contributed by atoms with van der Waals surface area (Å²) in [5.74, 6) is 0. The van der Waals surface area contributed by atoms with Crippen molar-refractivity contribution in [1.29, 1.82) is 5.26 Å². The Morgan fingerprint density at radius 2 is 0.627 bits per heavy atom. The van der Waals surface area contributed by atoms with Crippen LogP contribution in [0.3, 0.4) is 0 Å². The first kappa shape index (κ1) is 33.1. The van der Waals surface area contributed by atoms with Crippen LogP contribution in [0.4, 0.5) is 0 Å². The van der Waals surface area contributed by atoms with Crippen LogP contribution in [0.5, 0.6) is 0 Å². The minimum absolute atomic E-state index is 0.620. The largest absolute Gasteiger partial charge is 0.309 e. The predicted octanol–water partition coefficient (Wildman–Crippen LogP) is 14.2. The standard InChI is InChI=1S/C55H34N4/c56-35-36-29-40(39-25-28-54-49(34-39)45-18-8-11-21-51(45)58(54)42-15-5-2-6-16-42)31-43(30-36)59-52-22-12-9-19-46(52)48-33-38(24-27-55(48)59)37-23-26-53-47(32-37)44-17-7-10-20-50(44)57(53)41-13-3-1-4-14-41/h1-34H. The van der Waals surface area contributed by atoms with Gasteiger partial charge in [-0.15, -0.1) is 0 Å². The molecule has 9 aromatic carbocycles. The van der Waals surface area contributed by atoms with Gasteiger partial charge in [0.2, 0.25) is 0 Å². The Morgan fingerprint density at radius 1 is 0.271 bits per heavy atom. The average molecular weight is 751 g/mol. The van der Waals surface area contributed by atoms with Crippen LogP contribution in [0.25, 0.3) is 105 Å². The van der Waals surface area contributed by atoms with Crippen LogP contribution in [0.15, 0.2) is 206 Å². The highest BCUT2D eigenvalue weighted by molar-refractivity contribution is 6.13. The predicted molar refractivity (Wildman–Crippen MR) is 245 cm³/mol. The third-order valence-electron chi connectivity index (χ3n) is 12.0. The fourth-order valence-corrected chi connectivity index (χ4v) is 9.42. The highest BCUT2D eigenvalue weighted by atomic mass is 15.0. The lowest BCUT2D eigenvalue weighted by Crippen LogP contribution is -1.96. The van der Waals surface area contributed by atoms with Crippen molar-refractivity contribution >= 4 is 65.4 Å². The van der Waals surface area contributed by atoms with Gasteiger partial charge in [-0.3, -0.25) is 0 Å². The molecule has 0 bridgehead atoms. The van der Waals surface area contributed by atoms with Gasteiger partial charge in [-0.25, -0.2) is 0 Å². The summed E-state index contributed by atoms with van der Waals surface area (Å²) in [6.45, 7) is 0. The molecule has 12 aromatic rings. The first-order chi connectivity index (χ1) is 29.2. The second-order valence-electron chi connectivity index (χ2n) is 15.3. The molecular weight excluding hydrogens is 717 g/mol. The second kappa shape index (κ2) is 13.0. The number of nitrogens with zero attached hydrogens (tertiary/aromatic N) is 4. The first-order valence-electron chi connectivity index (χ1n) is 20.0. The molecule has 0 aliphatic carbocycles. The van der Waals surface area contributed by atoms with Crippen molar-refractivity contribution in [2.45, 2.75) is 0 Å². The van der Waals surface area contributed by atoms with Crippen LogP contribution in [0.1, 0.15) is 5.56 Å². The molecule has 0 atom stereocenters. The van der Waals surface area contributed by atoms with Crippen molar-refractivity contribution in [3.8, 4) is 45.4 Å².